The lowest BCUT2D eigenvalue weighted by Crippen LogP contribution is -2.32. The molecule has 0 bridgehead atoms. The van der Waals surface area contributed by atoms with Gasteiger partial charge in [0, 0.05) is 17.0 Å². The molecular formula is C14H19NO3S2. The first-order valence-corrected chi connectivity index (χ1v) is 9.56. The zero-order valence-corrected chi connectivity index (χ0v) is 13.2. The number of benzene rings is 1. The van der Waals surface area contributed by atoms with Crippen LogP contribution in [0, 0.1) is 0 Å². The molecule has 0 radical (unpaired) electrons. The Hall–Kier alpha value is -0.980. The van der Waals surface area contributed by atoms with E-state index < -0.39 is 8.87 Å². The van der Waals surface area contributed by atoms with Gasteiger partial charge in [-0.3, -0.25) is 0 Å². The van der Waals surface area contributed by atoms with E-state index in [1.54, 1.807) is 0 Å². The maximum Gasteiger partial charge on any atom is 0.205 e. The Morgan fingerprint density at radius 3 is 2.70 bits per heavy atom. The fourth-order valence-corrected chi connectivity index (χ4v) is 4.93. The molecule has 110 valence electrons. The van der Waals surface area contributed by atoms with Crippen molar-refractivity contribution in [3.63, 3.8) is 0 Å². The van der Waals surface area contributed by atoms with Crippen LogP contribution >= 0.6 is 10.8 Å². The fourth-order valence-electron chi connectivity index (χ4n) is 2.28. The van der Waals surface area contributed by atoms with Gasteiger partial charge in [-0.25, -0.2) is 8.42 Å². The molecule has 0 aromatic heterocycles. The molecular weight excluding hydrogens is 294 g/mol. The average molecular weight is 313 g/mol. The number of aliphatic hydroxyl groups is 1. The normalized spacial score (nSPS) is 17.1. The molecule has 1 aromatic carbocycles. The minimum atomic E-state index is -3.28. The second-order valence-electron chi connectivity index (χ2n) is 5.31. The quantitative estimate of drug-likeness (QED) is 0.817. The topological polar surface area (TPSA) is 66.4 Å². The van der Waals surface area contributed by atoms with Gasteiger partial charge in [0.25, 0.3) is 0 Å². The Kier molecular flexibility index (Phi) is 4.46. The van der Waals surface area contributed by atoms with Crippen molar-refractivity contribution in [2.45, 2.75) is 19.4 Å². The van der Waals surface area contributed by atoms with Gasteiger partial charge in [0.2, 0.25) is 8.87 Å². The van der Waals surface area contributed by atoms with Gasteiger partial charge in [0.15, 0.2) is 0 Å². The summed E-state index contributed by atoms with van der Waals surface area (Å²) in [6.45, 7) is 3.89. The zero-order valence-electron chi connectivity index (χ0n) is 11.6. The minimum Gasteiger partial charge on any atom is -0.395 e. The lowest BCUT2D eigenvalue weighted by molar-refractivity contribution is 0.323. The largest absolute Gasteiger partial charge is 0.395 e. The summed E-state index contributed by atoms with van der Waals surface area (Å²) in [6.07, 6.45) is 1.96. The van der Waals surface area contributed by atoms with E-state index in [1.807, 2.05) is 44.2 Å². The second kappa shape index (κ2) is 5.79. The lowest BCUT2D eigenvalue weighted by Gasteiger charge is -2.32. The van der Waals surface area contributed by atoms with E-state index in [0.717, 1.165) is 27.6 Å². The Labute approximate surface area is 123 Å². The second-order valence-corrected chi connectivity index (χ2v) is 9.59. The fraction of sp³-hybridized carbons (Fsp3) is 0.429. The number of para-hydroxylation sites is 1. The first-order valence-electron chi connectivity index (χ1n) is 6.40. The molecule has 1 aliphatic heterocycles. The molecule has 2 N–H and O–H groups in total. The molecule has 0 amide bonds. The highest BCUT2D eigenvalue weighted by molar-refractivity contribution is 8.72. The van der Waals surface area contributed by atoms with Crippen LogP contribution < -0.4 is 5.32 Å². The van der Waals surface area contributed by atoms with Crippen molar-refractivity contribution in [1.82, 2.24) is 0 Å². The molecule has 20 heavy (non-hydrogen) atoms. The molecule has 0 aliphatic carbocycles. The zero-order chi connectivity index (χ0) is 14.8. The van der Waals surface area contributed by atoms with Crippen molar-refractivity contribution in [2.24, 2.45) is 0 Å². The van der Waals surface area contributed by atoms with Gasteiger partial charge < -0.3 is 10.4 Å². The molecule has 2 rings (SSSR count). The molecule has 0 saturated heterocycles. The van der Waals surface area contributed by atoms with Crippen molar-refractivity contribution in [3.05, 3.63) is 35.9 Å². The van der Waals surface area contributed by atoms with Crippen LogP contribution in [-0.2, 0) is 8.87 Å². The third kappa shape index (κ3) is 3.77. The molecule has 0 atom stereocenters. The summed E-state index contributed by atoms with van der Waals surface area (Å²) in [5, 5.41) is 12.1. The highest BCUT2D eigenvalue weighted by Crippen LogP contribution is 2.35. The minimum absolute atomic E-state index is 0.0141. The van der Waals surface area contributed by atoms with Crippen LogP contribution in [0.1, 0.15) is 19.4 Å². The van der Waals surface area contributed by atoms with Crippen molar-refractivity contribution in [3.8, 4) is 0 Å². The van der Waals surface area contributed by atoms with E-state index in [-0.39, 0.29) is 23.7 Å². The smallest absolute Gasteiger partial charge is 0.205 e. The van der Waals surface area contributed by atoms with E-state index in [2.05, 4.69) is 5.32 Å². The molecule has 0 spiro atoms. The van der Waals surface area contributed by atoms with Crippen molar-refractivity contribution < 1.29 is 13.5 Å². The molecule has 6 heteroatoms. The molecule has 0 unspecified atom stereocenters. The van der Waals surface area contributed by atoms with Crippen LogP contribution in [0.5, 0.6) is 0 Å². The monoisotopic (exact) mass is 313 g/mol. The number of anilines is 1. The summed E-state index contributed by atoms with van der Waals surface area (Å²) < 4.78 is 24.1. The van der Waals surface area contributed by atoms with Gasteiger partial charge in [-0.2, -0.15) is 0 Å². The predicted molar refractivity (Wildman–Crippen MR) is 85.5 cm³/mol. The van der Waals surface area contributed by atoms with E-state index in [9.17, 15) is 8.42 Å². The summed E-state index contributed by atoms with van der Waals surface area (Å²) in [5.74, 6) is 0.193. The first kappa shape index (κ1) is 15.4. The predicted octanol–water partition coefficient (Wildman–Crippen LogP) is 2.33. The molecule has 1 aromatic rings. The molecule has 4 nitrogen and oxygen atoms in total. The van der Waals surface area contributed by atoms with Gasteiger partial charge in [-0.1, -0.05) is 24.3 Å². The Morgan fingerprint density at radius 1 is 1.30 bits per heavy atom. The molecule has 1 aliphatic rings. The number of rotatable bonds is 5. The van der Waals surface area contributed by atoms with Gasteiger partial charge in [-0.15, -0.1) is 0 Å². The third-order valence-electron chi connectivity index (χ3n) is 2.95. The molecule has 1 heterocycles. The average Bonchev–Trinajstić information content (AvgIpc) is 2.34. The van der Waals surface area contributed by atoms with Crippen molar-refractivity contribution in [2.75, 3.05) is 23.4 Å². The van der Waals surface area contributed by atoms with Crippen LogP contribution in [0.4, 0.5) is 5.69 Å². The third-order valence-corrected chi connectivity index (χ3v) is 6.26. The summed E-state index contributed by atoms with van der Waals surface area (Å²) >= 11 is 0. The Morgan fingerprint density at radius 2 is 2.00 bits per heavy atom. The molecule has 0 fully saturated rings. The maximum atomic E-state index is 12.1. The van der Waals surface area contributed by atoms with Crippen molar-refractivity contribution in [1.29, 1.82) is 0 Å². The van der Waals surface area contributed by atoms with E-state index in [1.165, 1.54) is 0 Å². The highest BCUT2D eigenvalue weighted by Gasteiger charge is 2.26. The van der Waals surface area contributed by atoms with Crippen LogP contribution in [0.25, 0.3) is 5.57 Å². The SMILES string of the molecule is CC1(C)C=C(CS(=O)(=O)SCCO)c2ccccc2N1. The van der Waals surface area contributed by atoms with E-state index in [0.29, 0.717) is 0 Å². The standard InChI is InChI=1S/C14H19NO3S2/c1-14(2)9-11(10-20(17,18)19-8-7-16)12-5-3-4-6-13(12)15-14/h3-6,9,15-16H,7-8,10H2,1-2H3. The van der Waals surface area contributed by atoms with Gasteiger partial charge in [-0.05, 0) is 36.3 Å². The van der Waals surface area contributed by atoms with E-state index >= 15 is 0 Å². The summed E-state index contributed by atoms with van der Waals surface area (Å²) in [5.41, 5.74) is 2.42. The van der Waals surface area contributed by atoms with Gasteiger partial charge in [0.05, 0.1) is 17.9 Å². The van der Waals surface area contributed by atoms with Crippen LogP contribution in [-0.4, -0.2) is 37.2 Å². The Balaban J connectivity index is 2.32. The van der Waals surface area contributed by atoms with Crippen LogP contribution in [0.2, 0.25) is 0 Å². The number of hydrogen-bond acceptors (Lipinski definition) is 5. The summed E-state index contributed by atoms with van der Waals surface area (Å²) in [6, 6.07) is 7.72. The van der Waals surface area contributed by atoms with Crippen LogP contribution in [0.3, 0.4) is 0 Å². The first-order chi connectivity index (χ1) is 9.33. The van der Waals surface area contributed by atoms with E-state index in [4.69, 9.17) is 5.11 Å². The highest BCUT2D eigenvalue weighted by atomic mass is 33.1. The number of aliphatic hydroxyl groups excluding tert-OH is 1. The maximum absolute atomic E-state index is 12.1. The number of nitrogens with one attached hydrogen (secondary N) is 1. The van der Waals surface area contributed by atoms with Crippen molar-refractivity contribution >= 4 is 30.9 Å². The lowest BCUT2D eigenvalue weighted by atomic mass is 9.91. The number of fused-ring (bicyclic) bond motifs is 1. The molecule has 0 saturated carbocycles. The van der Waals surface area contributed by atoms with Crippen LogP contribution in [0.15, 0.2) is 30.3 Å². The Bertz CT molecular complexity index is 621. The van der Waals surface area contributed by atoms with Gasteiger partial charge >= 0.3 is 0 Å². The van der Waals surface area contributed by atoms with Gasteiger partial charge in [0.1, 0.15) is 0 Å². The summed E-state index contributed by atoms with van der Waals surface area (Å²) in [4.78, 5) is 0. The number of hydrogen-bond donors (Lipinski definition) is 2. The summed E-state index contributed by atoms with van der Waals surface area (Å²) in [7, 11) is -2.47.